The van der Waals surface area contributed by atoms with E-state index >= 15 is 0 Å². The van der Waals surface area contributed by atoms with E-state index < -0.39 is 5.82 Å². The quantitative estimate of drug-likeness (QED) is 0.306. The van der Waals surface area contributed by atoms with E-state index in [4.69, 9.17) is 23.2 Å². The standard InChI is InChI=1S/C23H25Cl2FN2O.C7H13NO.C2H6/c24-15-7-5-8-16(13-15)28-22(29)20-18(17-9-6-10-19(25)21(17)26)14-27-23(20)11-3-1-2-4-12-23;9-6-8-7-4-2-1-3-5-7;1-2/h5-10,13,18,20,27H,1-4,11-12,14H2,(H,28,29);6-7H,1-5H2,(H,8,9);1-2H3. The number of carbonyl (C=O) groups excluding carboxylic acids is 2. The van der Waals surface area contributed by atoms with E-state index in [9.17, 15) is 14.0 Å². The smallest absolute Gasteiger partial charge is 0.230 e. The first-order valence-corrected chi connectivity index (χ1v) is 15.6. The zero-order valence-corrected chi connectivity index (χ0v) is 25.3. The van der Waals surface area contributed by atoms with Gasteiger partial charge in [0.2, 0.25) is 12.3 Å². The molecule has 3 aliphatic rings. The fourth-order valence-corrected chi connectivity index (χ4v) is 6.83. The summed E-state index contributed by atoms with van der Waals surface area (Å²) in [6.07, 6.45) is 13.4. The molecule has 2 saturated carbocycles. The molecule has 2 aliphatic carbocycles. The Labute approximate surface area is 249 Å². The highest BCUT2D eigenvalue weighted by atomic mass is 35.5. The van der Waals surface area contributed by atoms with E-state index in [1.807, 2.05) is 19.9 Å². The van der Waals surface area contributed by atoms with Gasteiger partial charge in [-0.3, -0.25) is 9.59 Å². The van der Waals surface area contributed by atoms with Crippen molar-refractivity contribution in [2.45, 2.75) is 102 Å². The minimum atomic E-state index is -0.424. The van der Waals surface area contributed by atoms with Crippen LogP contribution in [0.4, 0.5) is 10.1 Å². The summed E-state index contributed by atoms with van der Waals surface area (Å²) >= 11 is 12.1. The van der Waals surface area contributed by atoms with Crippen LogP contribution in [0.2, 0.25) is 10.0 Å². The molecule has 5 nitrogen and oxygen atoms in total. The molecule has 3 fully saturated rings. The first kappa shape index (κ1) is 32.4. The molecule has 0 radical (unpaired) electrons. The number of benzene rings is 2. The van der Waals surface area contributed by atoms with Crippen molar-refractivity contribution in [3.8, 4) is 0 Å². The normalized spacial score (nSPS) is 22.1. The summed E-state index contributed by atoms with van der Waals surface area (Å²) in [6, 6.07) is 12.7. The zero-order valence-electron chi connectivity index (χ0n) is 23.8. The molecule has 1 heterocycles. The van der Waals surface area contributed by atoms with Crippen molar-refractivity contribution in [1.82, 2.24) is 10.6 Å². The number of hydrogen-bond acceptors (Lipinski definition) is 3. The van der Waals surface area contributed by atoms with Crippen molar-refractivity contribution in [2.75, 3.05) is 11.9 Å². The number of nitrogens with one attached hydrogen (secondary N) is 3. The van der Waals surface area contributed by atoms with Gasteiger partial charge in [-0.05, 0) is 55.5 Å². The van der Waals surface area contributed by atoms with Gasteiger partial charge in [-0.2, -0.15) is 0 Å². The van der Waals surface area contributed by atoms with E-state index in [1.165, 1.54) is 44.9 Å². The maximum Gasteiger partial charge on any atom is 0.230 e. The maximum atomic E-state index is 14.9. The van der Waals surface area contributed by atoms with Crippen LogP contribution >= 0.6 is 23.2 Å². The molecule has 2 aromatic rings. The molecule has 8 heteroatoms. The highest BCUT2D eigenvalue weighted by Gasteiger charge is 2.52. The van der Waals surface area contributed by atoms with Crippen LogP contribution < -0.4 is 16.0 Å². The van der Waals surface area contributed by atoms with Gasteiger partial charge in [0.1, 0.15) is 5.82 Å². The van der Waals surface area contributed by atoms with Gasteiger partial charge in [-0.25, -0.2) is 4.39 Å². The molecule has 220 valence electrons. The van der Waals surface area contributed by atoms with E-state index in [1.54, 1.807) is 36.4 Å². The largest absolute Gasteiger partial charge is 0.356 e. The minimum absolute atomic E-state index is 0.0939. The van der Waals surface area contributed by atoms with Gasteiger partial charge in [0.25, 0.3) is 0 Å². The second kappa shape index (κ2) is 16.3. The molecule has 2 amide bonds. The van der Waals surface area contributed by atoms with Crippen LogP contribution in [-0.2, 0) is 9.59 Å². The molecule has 5 rings (SSSR count). The van der Waals surface area contributed by atoms with Crippen LogP contribution in [0, 0.1) is 11.7 Å². The van der Waals surface area contributed by atoms with E-state index in [0.29, 0.717) is 28.9 Å². The Morgan fingerprint density at radius 1 is 0.975 bits per heavy atom. The summed E-state index contributed by atoms with van der Waals surface area (Å²) in [6.45, 7) is 4.56. The predicted octanol–water partition coefficient (Wildman–Crippen LogP) is 8.26. The number of hydrogen-bond donors (Lipinski definition) is 3. The van der Waals surface area contributed by atoms with E-state index in [-0.39, 0.29) is 28.3 Å². The van der Waals surface area contributed by atoms with Gasteiger partial charge >= 0.3 is 0 Å². The zero-order chi connectivity index (χ0) is 29.0. The molecule has 1 aliphatic heterocycles. The lowest BCUT2D eigenvalue weighted by atomic mass is 9.72. The fraction of sp³-hybridized carbons (Fsp3) is 0.562. The molecule has 0 bridgehead atoms. The minimum Gasteiger partial charge on any atom is -0.356 e. The summed E-state index contributed by atoms with van der Waals surface area (Å²) < 4.78 is 14.9. The molecule has 0 aromatic heterocycles. The third-order valence-corrected chi connectivity index (χ3v) is 8.86. The molecule has 2 atom stereocenters. The Morgan fingerprint density at radius 2 is 1.62 bits per heavy atom. The van der Waals surface area contributed by atoms with Crippen LogP contribution in [0.15, 0.2) is 42.5 Å². The first-order chi connectivity index (χ1) is 19.4. The summed E-state index contributed by atoms with van der Waals surface area (Å²) in [5, 5.41) is 10.1. The second-order valence-electron chi connectivity index (χ2n) is 10.8. The topological polar surface area (TPSA) is 70.2 Å². The Morgan fingerprint density at radius 3 is 2.27 bits per heavy atom. The van der Waals surface area contributed by atoms with Crippen molar-refractivity contribution >= 4 is 41.2 Å². The van der Waals surface area contributed by atoms with Gasteiger partial charge in [-0.1, -0.05) is 100 Å². The van der Waals surface area contributed by atoms with Crippen LogP contribution in [0.5, 0.6) is 0 Å². The average Bonchev–Trinajstić information content (AvgIpc) is 3.16. The third kappa shape index (κ3) is 8.43. The van der Waals surface area contributed by atoms with Gasteiger partial charge < -0.3 is 16.0 Å². The molecule has 2 aromatic carbocycles. The van der Waals surface area contributed by atoms with Gasteiger partial charge in [0, 0.05) is 34.8 Å². The molecule has 2 unspecified atom stereocenters. The summed E-state index contributed by atoms with van der Waals surface area (Å²) in [5.41, 5.74) is 0.847. The first-order valence-electron chi connectivity index (χ1n) is 14.9. The summed E-state index contributed by atoms with van der Waals surface area (Å²) in [7, 11) is 0. The van der Waals surface area contributed by atoms with Crippen LogP contribution in [-0.4, -0.2) is 30.4 Å². The third-order valence-electron chi connectivity index (χ3n) is 8.33. The number of carbonyl (C=O) groups is 2. The maximum absolute atomic E-state index is 14.9. The summed E-state index contributed by atoms with van der Waals surface area (Å²) in [5.74, 6) is -1.17. The Bertz CT molecular complexity index is 1090. The molecule has 1 saturated heterocycles. The number of anilines is 1. The van der Waals surface area contributed by atoms with Crippen molar-refractivity contribution in [3.05, 3.63) is 63.9 Å². The van der Waals surface area contributed by atoms with Crippen molar-refractivity contribution in [1.29, 1.82) is 0 Å². The highest BCUT2D eigenvalue weighted by molar-refractivity contribution is 6.31. The number of rotatable bonds is 5. The van der Waals surface area contributed by atoms with Crippen molar-refractivity contribution in [3.63, 3.8) is 0 Å². The molecular formula is C32H44Cl2FN3O2. The lowest BCUT2D eigenvalue weighted by Gasteiger charge is -2.36. The Balaban J connectivity index is 0.000000339. The van der Waals surface area contributed by atoms with Crippen molar-refractivity contribution in [2.24, 2.45) is 5.92 Å². The molecule has 3 N–H and O–H groups in total. The molecular weight excluding hydrogens is 548 g/mol. The van der Waals surface area contributed by atoms with E-state index in [0.717, 1.165) is 32.1 Å². The van der Waals surface area contributed by atoms with E-state index in [2.05, 4.69) is 16.0 Å². The predicted molar refractivity (Wildman–Crippen MR) is 164 cm³/mol. The van der Waals surface area contributed by atoms with Gasteiger partial charge in [0.05, 0.1) is 10.9 Å². The Hall–Kier alpha value is -2.15. The van der Waals surface area contributed by atoms with Crippen LogP contribution in [0.3, 0.4) is 0 Å². The molecule has 1 spiro atoms. The van der Waals surface area contributed by atoms with Gasteiger partial charge in [-0.15, -0.1) is 0 Å². The number of halogens is 3. The number of amides is 2. The van der Waals surface area contributed by atoms with Crippen LogP contribution in [0.1, 0.15) is 96.0 Å². The van der Waals surface area contributed by atoms with Gasteiger partial charge in [0.15, 0.2) is 0 Å². The SMILES string of the molecule is CC.O=C(Nc1cccc(Cl)c1)C1C(c2cccc(Cl)c2F)CNC12CCCCCC2.O=CNC1CCCCC1. The monoisotopic (exact) mass is 591 g/mol. The average molecular weight is 593 g/mol. The lowest BCUT2D eigenvalue weighted by molar-refractivity contribution is -0.122. The van der Waals surface area contributed by atoms with Crippen LogP contribution in [0.25, 0.3) is 0 Å². The lowest BCUT2D eigenvalue weighted by Crippen LogP contribution is -2.49. The summed E-state index contributed by atoms with van der Waals surface area (Å²) in [4.78, 5) is 23.5. The second-order valence-corrected chi connectivity index (χ2v) is 11.6. The Kier molecular flexibility index (Phi) is 13.2. The van der Waals surface area contributed by atoms with Crippen molar-refractivity contribution < 1.29 is 14.0 Å². The highest BCUT2D eigenvalue weighted by Crippen LogP contribution is 2.46. The molecule has 40 heavy (non-hydrogen) atoms. The fourth-order valence-electron chi connectivity index (χ4n) is 6.46.